The first-order chi connectivity index (χ1) is 11.8. The fourth-order valence-corrected chi connectivity index (χ4v) is 7.91. The summed E-state index contributed by atoms with van der Waals surface area (Å²) in [6.07, 6.45) is 4.20. The summed E-state index contributed by atoms with van der Waals surface area (Å²) in [6, 6.07) is 0. The lowest BCUT2D eigenvalue weighted by Gasteiger charge is -2.54. The van der Waals surface area contributed by atoms with E-state index in [1.807, 2.05) is 20.8 Å². The summed E-state index contributed by atoms with van der Waals surface area (Å²) in [5.41, 5.74) is -0.385. The third-order valence-electron chi connectivity index (χ3n) is 6.24. The topological polar surface area (TPSA) is 49.5 Å². The first kappa shape index (κ1) is 21.3. The minimum Gasteiger partial charge on any atom is -0.375 e. The second-order valence-electron chi connectivity index (χ2n) is 7.74. The van der Waals surface area contributed by atoms with E-state index in [0.717, 1.165) is 19.3 Å². The molecule has 0 spiro atoms. The Morgan fingerprint density at radius 2 is 1.40 bits per heavy atom. The predicted molar refractivity (Wildman–Crippen MR) is 101 cm³/mol. The van der Waals surface area contributed by atoms with E-state index in [2.05, 4.69) is 27.7 Å². The van der Waals surface area contributed by atoms with Crippen molar-refractivity contribution in [1.29, 1.82) is 0 Å². The third kappa shape index (κ3) is 3.85. The van der Waals surface area contributed by atoms with Crippen LogP contribution in [0.4, 0.5) is 0 Å². The minimum atomic E-state index is -2.95. The van der Waals surface area contributed by atoms with Crippen LogP contribution >= 0.6 is 0 Å². The molecule has 1 saturated carbocycles. The van der Waals surface area contributed by atoms with Crippen molar-refractivity contribution in [2.75, 3.05) is 26.4 Å². The molecule has 2 rings (SSSR count). The van der Waals surface area contributed by atoms with E-state index in [1.54, 1.807) is 0 Å². The highest BCUT2D eigenvalue weighted by molar-refractivity contribution is 6.64. The Morgan fingerprint density at radius 1 is 0.840 bits per heavy atom. The van der Waals surface area contributed by atoms with Gasteiger partial charge in [0.2, 0.25) is 0 Å². The molecule has 0 radical (unpaired) electrons. The molecule has 0 aromatic rings. The summed E-state index contributed by atoms with van der Waals surface area (Å²) < 4.78 is 31.1. The molecule has 4 atom stereocenters. The van der Waals surface area contributed by atoms with Crippen LogP contribution in [-0.4, -0.2) is 53.0 Å². The second-order valence-corrected chi connectivity index (χ2v) is 11.0. The summed E-state index contributed by atoms with van der Waals surface area (Å²) in [5.74, 6) is 0.416. The van der Waals surface area contributed by atoms with Crippen molar-refractivity contribution >= 4 is 8.80 Å². The summed E-state index contributed by atoms with van der Waals surface area (Å²) in [4.78, 5) is 0. The minimum absolute atomic E-state index is 0.371. The highest BCUT2D eigenvalue weighted by Gasteiger charge is 2.67. The zero-order valence-corrected chi connectivity index (χ0v) is 18.2. The number of hydrogen-bond acceptors (Lipinski definition) is 5. The lowest BCUT2D eigenvalue weighted by molar-refractivity contribution is -0.125. The van der Waals surface area contributed by atoms with Gasteiger partial charge < -0.3 is 22.8 Å². The number of fused-ring (bicyclic) bond motifs is 1. The molecule has 1 heterocycles. The number of hydrogen-bond donors (Lipinski definition) is 0. The van der Waals surface area contributed by atoms with Gasteiger partial charge in [0.25, 0.3) is 0 Å². The monoisotopic (exact) mass is 374 g/mol. The van der Waals surface area contributed by atoms with Gasteiger partial charge >= 0.3 is 8.80 Å². The van der Waals surface area contributed by atoms with Crippen molar-refractivity contribution in [2.45, 2.75) is 90.6 Å². The van der Waals surface area contributed by atoms with Gasteiger partial charge in [-0.3, -0.25) is 0 Å². The number of epoxide rings is 1. The van der Waals surface area contributed by atoms with Crippen molar-refractivity contribution < 1.29 is 22.8 Å². The van der Waals surface area contributed by atoms with Gasteiger partial charge in [0, 0.05) is 26.4 Å². The molecule has 6 heteroatoms. The average molecular weight is 375 g/mol. The van der Waals surface area contributed by atoms with E-state index in [9.17, 15) is 0 Å². The zero-order chi connectivity index (χ0) is 18.7. The van der Waals surface area contributed by atoms with Gasteiger partial charge in [0.05, 0.1) is 22.8 Å². The van der Waals surface area contributed by atoms with Gasteiger partial charge in [-0.05, 0) is 59.8 Å². The van der Waals surface area contributed by atoms with E-state index >= 15 is 0 Å². The van der Waals surface area contributed by atoms with E-state index in [4.69, 9.17) is 22.8 Å². The molecule has 148 valence electrons. The van der Waals surface area contributed by atoms with Gasteiger partial charge in [-0.15, -0.1) is 0 Å². The van der Waals surface area contributed by atoms with E-state index in [0.29, 0.717) is 44.6 Å². The van der Waals surface area contributed by atoms with Crippen molar-refractivity contribution in [1.82, 2.24) is 0 Å². The maximum atomic E-state index is 6.48. The second kappa shape index (κ2) is 8.36. The Morgan fingerprint density at radius 3 is 1.84 bits per heavy atom. The Hall–Kier alpha value is 0.0169. The van der Waals surface area contributed by atoms with Gasteiger partial charge in [0.1, 0.15) is 0 Å². The normalized spacial score (nSPS) is 29.2. The SMILES string of the molecule is CCOC(C)(C1CCC2OC2C1)C(C)(C)[Si](OCC)(OCC)OCC. The molecule has 0 aromatic heterocycles. The fourth-order valence-electron chi connectivity index (χ4n) is 4.55. The van der Waals surface area contributed by atoms with E-state index < -0.39 is 8.80 Å². The Bertz CT molecular complexity index is 413. The molecule has 0 bridgehead atoms. The van der Waals surface area contributed by atoms with Crippen LogP contribution in [-0.2, 0) is 22.8 Å². The first-order valence-electron chi connectivity index (χ1n) is 10.0. The molecule has 0 aromatic carbocycles. The van der Waals surface area contributed by atoms with Crippen LogP contribution in [0.15, 0.2) is 0 Å². The van der Waals surface area contributed by atoms with Crippen LogP contribution in [0.3, 0.4) is 0 Å². The molecule has 2 aliphatic rings. The molecule has 0 N–H and O–H groups in total. The molecule has 1 aliphatic carbocycles. The number of ether oxygens (including phenoxy) is 2. The Labute approximate surface area is 155 Å². The molecule has 2 fully saturated rings. The van der Waals surface area contributed by atoms with Gasteiger partial charge in [-0.25, -0.2) is 0 Å². The van der Waals surface area contributed by atoms with E-state index in [1.165, 1.54) is 0 Å². The van der Waals surface area contributed by atoms with Crippen molar-refractivity contribution in [3.8, 4) is 0 Å². The summed E-state index contributed by atoms with van der Waals surface area (Å²) in [7, 11) is -2.95. The summed E-state index contributed by atoms with van der Waals surface area (Å²) in [5, 5.41) is -0.371. The lowest BCUT2D eigenvalue weighted by atomic mass is 9.72. The molecule has 5 nitrogen and oxygen atoms in total. The average Bonchev–Trinajstić information content (AvgIpc) is 3.34. The molecule has 1 aliphatic heterocycles. The van der Waals surface area contributed by atoms with Crippen LogP contribution in [0.2, 0.25) is 5.04 Å². The molecule has 25 heavy (non-hydrogen) atoms. The molecule has 4 unspecified atom stereocenters. The van der Waals surface area contributed by atoms with Crippen LogP contribution in [0.5, 0.6) is 0 Å². The largest absolute Gasteiger partial charge is 0.509 e. The van der Waals surface area contributed by atoms with Crippen LogP contribution in [0.25, 0.3) is 0 Å². The number of rotatable bonds is 11. The predicted octanol–water partition coefficient (Wildman–Crippen LogP) is 4.18. The summed E-state index contributed by atoms with van der Waals surface area (Å²) >= 11 is 0. The van der Waals surface area contributed by atoms with Gasteiger partial charge in [-0.2, -0.15) is 0 Å². The maximum absolute atomic E-state index is 6.48. The van der Waals surface area contributed by atoms with Crippen LogP contribution in [0.1, 0.15) is 67.7 Å². The van der Waals surface area contributed by atoms with Gasteiger partial charge in [-0.1, -0.05) is 13.8 Å². The fraction of sp³-hybridized carbons (Fsp3) is 1.00. The molecular weight excluding hydrogens is 336 g/mol. The van der Waals surface area contributed by atoms with Crippen molar-refractivity contribution in [2.24, 2.45) is 5.92 Å². The quantitative estimate of drug-likeness (QED) is 0.401. The maximum Gasteiger partial charge on any atom is 0.509 e. The Kier molecular flexibility index (Phi) is 7.13. The van der Waals surface area contributed by atoms with Crippen LogP contribution in [0, 0.1) is 5.92 Å². The lowest BCUT2D eigenvalue weighted by Crippen LogP contribution is -2.65. The van der Waals surface area contributed by atoms with E-state index in [-0.39, 0.29) is 10.6 Å². The third-order valence-corrected chi connectivity index (χ3v) is 10.3. The zero-order valence-electron chi connectivity index (χ0n) is 17.2. The Balaban J connectivity index is 2.39. The highest BCUT2D eigenvalue weighted by atomic mass is 28.4. The standard InChI is InChI=1S/C19H38O5Si/c1-8-20-19(7,15-12-13-16-17(14-15)24-16)18(5,6)25(21-9-2,22-10-3)23-11-4/h15-17H,8-14H2,1-7H3. The van der Waals surface area contributed by atoms with Crippen molar-refractivity contribution in [3.05, 3.63) is 0 Å². The first-order valence-corrected chi connectivity index (χ1v) is 11.8. The van der Waals surface area contributed by atoms with Crippen LogP contribution < -0.4 is 0 Å². The molecule has 1 saturated heterocycles. The molecular formula is C19H38O5Si. The van der Waals surface area contributed by atoms with Gasteiger partial charge in [0.15, 0.2) is 0 Å². The molecule has 0 amide bonds. The smallest absolute Gasteiger partial charge is 0.375 e. The van der Waals surface area contributed by atoms with Crippen molar-refractivity contribution in [3.63, 3.8) is 0 Å². The highest BCUT2D eigenvalue weighted by Crippen LogP contribution is 2.57. The summed E-state index contributed by atoms with van der Waals surface area (Å²) in [6.45, 7) is 17.2.